The van der Waals surface area contributed by atoms with Gasteiger partial charge in [-0.1, -0.05) is 46.8 Å². The van der Waals surface area contributed by atoms with E-state index in [0.29, 0.717) is 19.0 Å². The maximum absolute atomic E-state index is 13.0. The molecule has 0 unspecified atom stereocenters. The van der Waals surface area contributed by atoms with E-state index in [1.165, 1.54) is 6.07 Å². The Hall–Kier alpha value is -2.41. The lowest BCUT2D eigenvalue weighted by molar-refractivity contribution is -0.140. The summed E-state index contributed by atoms with van der Waals surface area (Å²) in [5.74, 6) is -0.0738. The number of amides is 1. The number of rotatable bonds is 7. The Morgan fingerprint density at radius 3 is 2.28 bits per heavy atom. The molecule has 0 spiro atoms. The predicted octanol–water partition coefficient (Wildman–Crippen LogP) is 4.62. The highest BCUT2D eigenvalue weighted by atomic mass is 32.2. The Kier molecular flexibility index (Phi) is 7.06. The first-order valence-corrected chi connectivity index (χ1v) is 10.9. The van der Waals surface area contributed by atoms with Crippen molar-refractivity contribution in [3.8, 4) is 5.75 Å². The molecule has 0 aromatic heterocycles. The highest BCUT2D eigenvalue weighted by molar-refractivity contribution is 7.87. The zero-order chi connectivity index (χ0) is 21.8. The van der Waals surface area contributed by atoms with Crippen molar-refractivity contribution < 1.29 is 21.8 Å². The molecule has 1 amide bonds. The molecule has 7 heteroatoms. The van der Waals surface area contributed by atoms with Gasteiger partial charge in [0, 0.05) is 18.5 Å². The summed E-state index contributed by atoms with van der Waals surface area (Å²) in [6.07, 6.45) is 0. The molecule has 0 fully saturated rings. The van der Waals surface area contributed by atoms with Crippen LogP contribution in [0.5, 0.6) is 5.75 Å². The van der Waals surface area contributed by atoms with Crippen molar-refractivity contribution in [3.63, 3.8) is 0 Å². The number of hydrogen-bond donors (Lipinski definition) is 0. The van der Waals surface area contributed by atoms with Crippen LogP contribution in [0.1, 0.15) is 40.2 Å². The van der Waals surface area contributed by atoms with Crippen LogP contribution in [0.4, 0.5) is 4.39 Å². The largest absolute Gasteiger partial charge is 0.379 e. The molecule has 29 heavy (non-hydrogen) atoms. The molecule has 5 nitrogen and oxygen atoms in total. The molecule has 0 aliphatic heterocycles. The molecule has 0 bridgehead atoms. The lowest BCUT2D eigenvalue weighted by Crippen LogP contribution is -2.41. The summed E-state index contributed by atoms with van der Waals surface area (Å²) >= 11 is 0. The Labute approximate surface area is 172 Å². The van der Waals surface area contributed by atoms with Gasteiger partial charge >= 0.3 is 10.1 Å². The lowest BCUT2D eigenvalue weighted by Gasteiger charge is -2.31. The van der Waals surface area contributed by atoms with Crippen LogP contribution >= 0.6 is 0 Å². The van der Waals surface area contributed by atoms with Crippen LogP contribution in [0.2, 0.25) is 0 Å². The number of hydrogen-bond acceptors (Lipinski definition) is 4. The van der Waals surface area contributed by atoms with Gasteiger partial charge < -0.3 is 9.08 Å². The van der Waals surface area contributed by atoms with Crippen LogP contribution in [0, 0.1) is 17.2 Å². The summed E-state index contributed by atoms with van der Waals surface area (Å²) in [5.41, 5.74) is 0.240. The van der Waals surface area contributed by atoms with Crippen molar-refractivity contribution in [2.45, 2.75) is 46.1 Å². The summed E-state index contributed by atoms with van der Waals surface area (Å²) in [5, 5.41) is 0. The third-order valence-corrected chi connectivity index (χ3v) is 5.36. The molecule has 0 atom stereocenters. The summed E-state index contributed by atoms with van der Waals surface area (Å²) in [6.45, 7) is 10.6. The van der Waals surface area contributed by atoms with Gasteiger partial charge in [0.2, 0.25) is 5.91 Å². The van der Waals surface area contributed by atoms with E-state index in [4.69, 9.17) is 4.18 Å². The van der Waals surface area contributed by atoms with Crippen LogP contribution in [0.15, 0.2) is 53.4 Å². The van der Waals surface area contributed by atoms with Gasteiger partial charge in [0.25, 0.3) is 0 Å². The molecule has 0 saturated heterocycles. The Balaban J connectivity index is 2.23. The van der Waals surface area contributed by atoms with E-state index in [9.17, 15) is 17.6 Å². The minimum Gasteiger partial charge on any atom is -0.379 e. The third-order valence-electron chi connectivity index (χ3n) is 4.09. The Morgan fingerprint density at radius 1 is 1.10 bits per heavy atom. The van der Waals surface area contributed by atoms with Gasteiger partial charge in [-0.15, -0.1) is 0 Å². The standard InChI is InChI=1S/C22H28FNO4S/c1-16(2)14-24(21(25)22(3,4)5)15-17-7-6-8-19(13-17)28-29(26,27)20-11-9-18(23)10-12-20/h6-13,16H,14-15H2,1-5H3. The molecule has 0 saturated carbocycles. The van der Waals surface area contributed by atoms with E-state index >= 15 is 0 Å². The van der Waals surface area contributed by atoms with Crippen LogP contribution < -0.4 is 4.18 Å². The van der Waals surface area contributed by atoms with Gasteiger partial charge in [0.1, 0.15) is 16.5 Å². The highest BCUT2D eigenvalue weighted by Crippen LogP contribution is 2.24. The summed E-state index contributed by atoms with van der Waals surface area (Å²) in [7, 11) is -4.08. The second-order valence-electron chi connectivity index (χ2n) is 8.47. The summed E-state index contributed by atoms with van der Waals surface area (Å²) < 4.78 is 43.1. The molecule has 158 valence electrons. The van der Waals surface area contributed by atoms with Crippen molar-refractivity contribution in [1.82, 2.24) is 4.90 Å². The maximum Gasteiger partial charge on any atom is 0.339 e. The number of carbonyl (C=O) groups is 1. The SMILES string of the molecule is CC(C)CN(Cc1cccc(OS(=O)(=O)c2ccc(F)cc2)c1)C(=O)C(C)(C)C. The molecular formula is C22H28FNO4S. The highest BCUT2D eigenvalue weighted by Gasteiger charge is 2.28. The van der Waals surface area contributed by atoms with Crippen molar-refractivity contribution >= 4 is 16.0 Å². The van der Waals surface area contributed by atoms with E-state index in [-0.39, 0.29) is 16.6 Å². The van der Waals surface area contributed by atoms with Crippen molar-refractivity contribution in [1.29, 1.82) is 0 Å². The molecular weight excluding hydrogens is 393 g/mol. The van der Waals surface area contributed by atoms with E-state index in [1.807, 2.05) is 40.7 Å². The normalized spacial score (nSPS) is 12.1. The van der Waals surface area contributed by atoms with E-state index in [1.54, 1.807) is 17.0 Å². The third kappa shape index (κ3) is 6.56. The number of halogens is 1. The average Bonchev–Trinajstić information content (AvgIpc) is 2.59. The van der Waals surface area contributed by atoms with E-state index in [2.05, 4.69) is 0 Å². The van der Waals surface area contributed by atoms with Crippen molar-refractivity contribution in [3.05, 3.63) is 59.9 Å². The zero-order valence-corrected chi connectivity index (χ0v) is 18.3. The minimum atomic E-state index is -4.08. The molecule has 2 rings (SSSR count). The van der Waals surface area contributed by atoms with Gasteiger partial charge in [-0.2, -0.15) is 8.42 Å². The van der Waals surface area contributed by atoms with Crippen molar-refractivity contribution in [2.75, 3.05) is 6.54 Å². The molecule has 0 aliphatic rings. The summed E-state index contributed by atoms with van der Waals surface area (Å²) in [4.78, 5) is 14.4. The summed E-state index contributed by atoms with van der Waals surface area (Å²) in [6, 6.07) is 11.1. The fourth-order valence-corrected chi connectivity index (χ4v) is 3.75. The first kappa shape index (κ1) is 22.9. The van der Waals surface area contributed by atoms with Gasteiger partial charge in [0.15, 0.2) is 0 Å². The minimum absolute atomic E-state index is 0.0245. The zero-order valence-electron chi connectivity index (χ0n) is 17.5. The molecule has 0 heterocycles. The topological polar surface area (TPSA) is 63.7 Å². The van der Waals surface area contributed by atoms with Gasteiger partial charge in [-0.3, -0.25) is 4.79 Å². The Morgan fingerprint density at radius 2 is 1.72 bits per heavy atom. The molecule has 0 aliphatic carbocycles. The molecule has 0 N–H and O–H groups in total. The number of nitrogens with zero attached hydrogens (tertiary/aromatic N) is 1. The lowest BCUT2D eigenvalue weighted by atomic mass is 9.94. The van der Waals surface area contributed by atoms with Crippen LogP contribution in [0.25, 0.3) is 0 Å². The van der Waals surface area contributed by atoms with Crippen LogP contribution in [0.3, 0.4) is 0 Å². The maximum atomic E-state index is 13.0. The smallest absolute Gasteiger partial charge is 0.339 e. The average molecular weight is 422 g/mol. The number of carbonyl (C=O) groups excluding carboxylic acids is 1. The molecule has 2 aromatic rings. The van der Waals surface area contributed by atoms with Gasteiger partial charge in [0.05, 0.1) is 0 Å². The van der Waals surface area contributed by atoms with Gasteiger partial charge in [-0.25, -0.2) is 4.39 Å². The van der Waals surface area contributed by atoms with Gasteiger partial charge in [-0.05, 0) is 47.9 Å². The Bertz CT molecular complexity index is 948. The predicted molar refractivity (Wildman–Crippen MR) is 110 cm³/mol. The second-order valence-corrected chi connectivity index (χ2v) is 10.0. The van der Waals surface area contributed by atoms with E-state index in [0.717, 1.165) is 29.8 Å². The fourth-order valence-electron chi connectivity index (χ4n) is 2.83. The monoisotopic (exact) mass is 421 g/mol. The fraction of sp³-hybridized carbons (Fsp3) is 0.409. The van der Waals surface area contributed by atoms with E-state index < -0.39 is 21.4 Å². The number of benzene rings is 2. The first-order valence-electron chi connectivity index (χ1n) is 9.47. The quantitative estimate of drug-likeness (QED) is 0.612. The van der Waals surface area contributed by atoms with Crippen LogP contribution in [-0.2, 0) is 21.5 Å². The van der Waals surface area contributed by atoms with Crippen molar-refractivity contribution in [2.24, 2.45) is 11.3 Å². The molecule has 2 aromatic carbocycles. The molecule has 0 radical (unpaired) electrons. The second kappa shape index (κ2) is 8.95. The first-order chi connectivity index (χ1) is 13.4. The van der Waals surface area contributed by atoms with Crippen LogP contribution in [-0.4, -0.2) is 25.8 Å².